The molecular weight excluding hydrogens is 174 g/mol. The summed E-state index contributed by atoms with van der Waals surface area (Å²) >= 11 is 0. The maximum Gasteiger partial charge on any atom is 0.101 e. The van der Waals surface area contributed by atoms with E-state index in [0.29, 0.717) is 5.56 Å². The van der Waals surface area contributed by atoms with Crippen molar-refractivity contribution in [1.29, 1.82) is 5.26 Å². The second kappa shape index (κ2) is 3.93. The van der Waals surface area contributed by atoms with Crippen molar-refractivity contribution in [3.8, 4) is 6.07 Å². The van der Waals surface area contributed by atoms with Crippen LogP contribution in [0.25, 0.3) is 0 Å². The second-order valence-electron chi connectivity index (χ2n) is 3.24. The lowest BCUT2D eigenvalue weighted by Crippen LogP contribution is -2.20. The van der Waals surface area contributed by atoms with Crippen LogP contribution in [-0.4, -0.2) is 18.9 Å². The highest BCUT2D eigenvalue weighted by molar-refractivity contribution is 5.85. The first-order chi connectivity index (χ1) is 6.88. The Morgan fingerprint density at radius 1 is 1.36 bits per heavy atom. The van der Waals surface area contributed by atoms with Crippen LogP contribution in [0.2, 0.25) is 0 Å². The van der Waals surface area contributed by atoms with E-state index in [4.69, 9.17) is 5.26 Å². The van der Waals surface area contributed by atoms with Gasteiger partial charge in [0.1, 0.15) is 5.84 Å². The second-order valence-corrected chi connectivity index (χ2v) is 3.24. The minimum absolute atomic E-state index is 0.704. The Bertz CT molecular complexity index is 384. The highest BCUT2D eigenvalue weighted by Crippen LogP contribution is 2.05. The van der Waals surface area contributed by atoms with Crippen LogP contribution in [0.4, 0.5) is 0 Å². The average Bonchev–Trinajstić information content (AvgIpc) is 2.72. The van der Waals surface area contributed by atoms with Gasteiger partial charge in [0.25, 0.3) is 0 Å². The van der Waals surface area contributed by atoms with Crippen molar-refractivity contribution in [2.24, 2.45) is 4.99 Å². The number of hydrogen-bond acceptors (Lipinski definition) is 3. The molecule has 0 saturated heterocycles. The number of nitriles is 1. The van der Waals surface area contributed by atoms with E-state index in [1.807, 2.05) is 24.3 Å². The minimum atomic E-state index is 0.704. The molecule has 3 heteroatoms. The minimum Gasteiger partial charge on any atom is -0.372 e. The number of benzene rings is 1. The molecule has 14 heavy (non-hydrogen) atoms. The summed E-state index contributed by atoms with van der Waals surface area (Å²) < 4.78 is 0. The van der Waals surface area contributed by atoms with Gasteiger partial charge < -0.3 is 5.32 Å². The van der Waals surface area contributed by atoms with Crippen LogP contribution < -0.4 is 5.32 Å². The van der Waals surface area contributed by atoms with Crippen molar-refractivity contribution < 1.29 is 0 Å². The maximum atomic E-state index is 8.63. The molecular formula is C11H11N3. The molecule has 0 radical (unpaired) electrons. The lowest BCUT2D eigenvalue weighted by atomic mass is 10.1. The third-order valence-electron chi connectivity index (χ3n) is 2.20. The number of nitrogens with one attached hydrogen (secondary N) is 1. The molecule has 0 spiro atoms. The van der Waals surface area contributed by atoms with E-state index in [-0.39, 0.29) is 0 Å². The Morgan fingerprint density at radius 3 is 2.71 bits per heavy atom. The Hall–Kier alpha value is -1.82. The van der Waals surface area contributed by atoms with E-state index < -0.39 is 0 Å². The summed E-state index contributed by atoms with van der Waals surface area (Å²) in [4.78, 5) is 4.31. The van der Waals surface area contributed by atoms with Gasteiger partial charge in [-0.2, -0.15) is 5.26 Å². The van der Waals surface area contributed by atoms with E-state index in [1.165, 1.54) is 5.56 Å². The number of rotatable bonds is 2. The third-order valence-corrected chi connectivity index (χ3v) is 2.20. The molecule has 1 aromatic carbocycles. The fourth-order valence-electron chi connectivity index (χ4n) is 1.46. The van der Waals surface area contributed by atoms with E-state index in [9.17, 15) is 0 Å². The Balaban J connectivity index is 2.07. The first-order valence-corrected chi connectivity index (χ1v) is 4.65. The van der Waals surface area contributed by atoms with Crippen molar-refractivity contribution in [3.63, 3.8) is 0 Å². The number of hydrogen-bond donors (Lipinski definition) is 1. The molecule has 0 amide bonds. The molecule has 0 aliphatic carbocycles. The van der Waals surface area contributed by atoms with E-state index in [2.05, 4.69) is 16.4 Å². The molecule has 0 unspecified atom stereocenters. The number of amidine groups is 1. The molecule has 70 valence electrons. The molecule has 1 heterocycles. The first-order valence-electron chi connectivity index (χ1n) is 4.65. The number of aliphatic imine (C=N–C) groups is 1. The summed E-state index contributed by atoms with van der Waals surface area (Å²) in [5, 5.41) is 11.8. The zero-order chi connectivity index (χ0) is 9.80. The number of nitrogens with zero attached hydrogens (tertiary/aromatic N) is 2. The fourth-order valence-corrected chi connectivity index (χ4v) is 1.46. The van der Waals surface area contributed by atoms with Crippen molar-refractivity contribution in [1.82, 2.24) is 5.32 Å². The van der Waals surface area contributed by atoms with Crippen molar-refractivity contribution in [3.05, 3.63) is 35.4 Å². The van der Waals surface area contributed by atoms with Crippen LogP contribution in [-0.2, 0) is 6.42 Å². The molecule has 0 fully saturated rings. The van der Waals surface area contributed by atoms with Gasteiger partial charge >= 0.3 is 0 Å². The predicted octanol–water partition coefficient (Wildman–Crippen LogP) is 1.10. The van der Waals surface area contributed by atoms with Gasteiger partial charge in [0, 0.05) is 13.0 Å². The molecule has 3 nitrogen and oxygen atoms in total. The van der Waals surface area contributed by atoms with Crippen molar-refractivity contribution in [2.75, 3.05) is 13.1 Å². The van der Waals surface area contributed by atoms with Gasteiger partial charge in [0.2, 0.25) is 0 Å². The Labute approximate surface area is 83.1 Å². The van der Waals surface area contributed by atoms with Gasteiger partial charge in [0.05, 0.1) is 18.2 Å². The average molecular weight is 185 g/mol. The predicted molar refractivity (Wildman–Crippen MR) is 55.2 cm³/mol. The van der Waals surface area contributed by atoms with Crippen LogP contribution in [0.1, 0.15) is 11.1 Å². The molecule has 1 aliphatic heterocycles. The summed E-state index contributed by atoms with van der Waals surface area (Å²) in [5.41, 5.74) is 1.90. The van der Waals surface area contributed by atoms with Crippen LogP contribution in [0, 0.1) is 11.3 Å². The van der Waals surface area contributed by atoms with E-state index >= 15 is 0 Å². The van der Waals surface area contributed by atoms with Gasteiger partial charge in [-0.25, -0.2) is 0 Å². The van der Waals surface area contributed by atoms with Gasteiger partial charge in [-0.15, -0.1) is 0 Å². The van der Waals surface area contributed by atoms with Crippen LogP contribution in [0.3, 0.4) is 0 Å². The molecule has 0 aromatic heterocycles. The van der Waals surface area contributed by atoms with Gasteiger partial charge in [-0.05, 0) is 17.7 Å². The lowest BCUT2D eigenvalue weighted by Gasteiger charge is -2.01. The molecule has 1 N–H and O–H groups in total. The molecule has 1 aliphatic rings. The van der Waals surface area contributed by atoms with Gasteiger partial charge in [0.15, 0.2) is 0 Å². The molecule has 2 rings (SSSR count). The quantitative estimate of drug-likeness (QED) is 0.750. The maximum absolute atomic E-state index is 8.63. The zero-order valence-corrected chi connectivity index (χ0v) is 7.83. The standard InChI is InChI=1S/C11H11N3/c12-8-10-3-1-9(2-4-10)7-11-13-5-6-14-11/h1-4H,5-7H2,(H,13,14). The fraction of sp³-hybridized carbons (Fsp3) is 0.273. The third kappa shape index (κ3) is 1.91. The topological polar surface area (TPSA) is 48.2 Å². The van der Waals surface area contributed by atoms with E-state index in [0.717, 1.165) is 25.3 Å². The zero-order valence-electron chi connectivity index (χ0n) is 7.83. The molecule has 0 saturated carbocycles. The summed E-state index contributed by atoms with van der Waals surface area (Å²) in [7, 11) is 0. The normalized spacial score (nSPS) is 14.4. The van der Waals surface area contributed by atoms with Crippen LogP contribution >= 0.6 is 0 Å². The summed E-state index contributed by atoms with van der Waals surface area (Å²) in [6, 6.07) is 9.72. The Morgan fingerprint density at radius 2 is 2.14 bits per heavy atom. The summed E-state index contributed by atoms with van der Waals surface area (Å²) in [6.07, 6.45) is 0.839. The Kier molecular flexibility index (Phi) is 2.46. The smallest absolute Gasteiger partial charge is 0.101 e. The highest BCUT2D eigenvalue weighted by Gasteiger charge is 2.05. The molecule has 0 bridgehead atoms. The molecule has 0 atom stereocenters. The molecule has 1 aromatic rings. The lowest BCUT2D eigenvalue weighted by molar-refractivity contribution is 0.953. The summed E-state index contributed by atoms with van der Waals surface area (Å²) in [5.74, 6) is 1.05. The van der Waals surface area contributed by atoms with Crippen LogP contribution in [0.5, 0.6) is 0 Å². The van der Waals surface area contributed by atoms with E-state index in [1.54, 1.807) is 0 Å². The largest absolute Gasteiger partial charge is 0.372 e. The van der Waals surface area contributed by atoms with Gasteiger partial charge in [-0.1, -0.05) is 12.1 Å². The van der Waals surface area contributed by atoms with Crippen molar-refractivity contribution >= 4 is 5.84 Å². The monoisotopic (exact) mass is 185 g/mol. The first kappa shape index (κ1) is 8.76. The van der Waals surface area contributed by atoms with Gasteiger partial charge in [-0.3, -0.25) is 4.99 Å². The SMILES string of the molecule is N#Cc1ccc(CC2=NCCN2)cc1. The highest BCUT2D eigenvalue weighted by atomic mass is 15.1. The van der Waals surface area contributed by atoms with Crippen molar-refractivity contribution in [2.45, 2.75) is 6.42 Å². The summed E-state index contributed by atoms with van der Waals surface area (Å²) in [6.45, 7) is 1.83. The van der Waals surface area contributed by atoms with Crippen LogP contribution in [0.15, 0.2) is 29.3 Å².